The molecule has 1 aromatic heterocycles. The van der Waals surface area contributed by atoms with Gasteiger partial charge in [-0.3, -0.25) is 9.69 Å². The van der Waals surface area contributed by atoms with Gasteiger partial charge in [0, 0.05) is 23.6 Å². The number of aromatic nitrogens is 1. The molecule has 134 valence electrons. The molecule has 0 N–H and O–H groups in total. The summed E-state index contributed by atoms with van der Waals surface area (Å²) in [6, 6.07) is 10.6. The molecule has 5 heteroatoms. The third-order valence-corrected chi connectivity index (χ3v) is 5.93. The molecule has 0 aliphatic carbocycles. The third-order valence-electron chi connectivity index (χ3n) is 4.56. The molecule has 1 aromatic carbocycles. The number of carbonyl (C=O) groups excluding carboxylic acids is 1. The fraction of sp³-hybridized carbons (Fsp3) is 0.238. The van der Waals surface area contributed by atoms with Gasteiger partial charge in [-0.05, 0) is 49.6 Å². The van der Waals surface area contributed by atoms with Crippen LogP contribution >= 0.6 is 24.0 Å². The Balaban J connectivity index is 2.03. The van der Waals surface area contributed by atoms with E-state index in [9.17, 15) is 4.79 Å². The largest absolute Gasteiger partial charge is 0.318 e. The van der Waals surface area contributed by atoms with Crippen molar-refractivity contribution in [1.82, 2.24) is 9.47 Å². The average molecular weight is 383 g/mol. The minimum atomic E-state index is -0.0429. The summed E-state index contributed by atoms with van der Waals surface area (Å²) < 4.78 is 2.85. The molecule has 1 aliphatic rings. The summed E-state index contributed by atoms with van der Waals surface area (Å²) in [5.41, 5.74) is 5.82. The Kier molecular flexibility index (Phi) is 5.49. The molecular weight excluding hydrogens is 360 g/mol. The van der Waals surface area contributed by atoms with Gasteiger partial charge < -0.3 is 4.57 Å². The number of para-hydroxylation sites is 1. The minimum Gasteiger partial charge on any atom is -0.318 e. The Morgan fingerprint density at radius 3 is 2.69 bits per heavy atom. The lowest BCUT2D eigenvalue weighted by Gasteiger charge is -2.14. The van der Waals surface area contributed by atoms with E-state index in [0.29, 0.717) is 15.8 Å². The molecule has 0 radical (unpaired) electrons. The maximum absolute atomic E-state index is 12.6. The molecule has 1 aliphatic heterocycles. The topological polar surface area (TPSA) is 25.2 Å². The van der Waals surface area contributed by atoms with E-state index in [2.05, 4.69) is 62.2 Å². The predicted octanol–water partition coefficient (Wildman–Crippen LogP) is 5.04. The van der Waals surface area contributed by atoms with Crippen LogP contribution in [0.3, 0.4) is 0 Å². The van der Waals surface area contributed by atoms with Crippen molar-refractivity contribution < 1.29 is 4.79 Å². The monoisotopic (exact) mass is 382 g/mol. The minimum absolute atomic E-state index is 0.0429. The Morgan fingerprint density at radius 2 is 2.00 bits per heavy atom. The van der Waals surface area contributed by atoms with Crippen LogP contribution in [0, 0.1) is 13.8 Å². The number of benzene rings is 1. The number of nitrogens with zero attached hydrogens (tertiary/aromatic N) is 2. The molecule has 0 atom stereocenters. The summed E-state index contributed by atoms with van der Waals surface area (Å²) in [5.74, 6) is -0.0429. The van der Waals surface area contributed by atoms with Crippen LogP contribution in [0.25, 0.3) is 11.8 Å². The molecule has 3 rings (SSSR count). The van der Waals surface area contributed by atoms with E-state index < -0.39 is 0 Å². The average Bonchev–Trinajstić information content (AvgIpc) is 3.05. The van der Waals surface area contributed by atoms with Crippen LogP contribution in [-0.4, -0.2) is 26.2 Å². The highest BCUT2D eigenvalue weighted by molar-refractivity contribution is 8.26. The van der Waals surface area contributed by atoms with E-state index in [1.54, 1.807) is 11.0 Å². The second-order valence-corrected chi connectivity index (χ2v) is 7.90. The normalized spacial score (nSPS) is 16.0. The lowest BCUT2D eigenvalue weighted by Crippen LogP contribution is -2.27. The van der Waals surface area contributed by atoms with Gasteiger partial charge >= 0.3 is 0 Å². The second kappa shape index (κ2) is 7.64. The van der Waals surface area contributed by atoms with E-state index in [4.69, 9.17) is 12.2 Å². The van der Waals surface area contributed by atoms with Gasteiger partial charge in [0.05, 0.1) is 4.91 Å². The van der Waals surface area contributed by atoms with Crippen molar-refractivity contribution in [3.63, 3.8) is 0 Å². The molecule has 3 nitrogen and oxygen atoms in total. The number of amides is 1. The Morgan fingerprint density at radius 1 is 1.27 bits per heavy atom. The highest BCUT2D eigenvalue weighted by Gasteiger charge is 2.31. The summed E-state index contributed by atoms with van der Waals surface area (Å²) in [4.78, 5) is 14.8. The molecule has 1 fully saturated rings. The first-order valence-electron chi connectivity index (χ1n) is 8.61. The van der Waals surface area contributed by atoms with Gasteiger partial charge in [-0.25, -0.2) is 0 Å². The van der Waals surface area contributed by atoms with Crippen LogP contribution in [0.15, 0.2) is 47.9 Å². The van der Waals surface area contributed by atoms with Crippen LogP contribution in [0.4, 0.5) is 0 Å². The second-order valence-electron chi connectivity index (χ2n) is 6.23. The lowest BCUT2D eigenvalue weighted by molar-refractivity contribution is -0.121. The highest BCUT2D eigenvalue weighted by Crippen LogP contribution is 2.34. The summed E-state index contributed by atoms with van der Waals surface area (Å²) in [6.45, 7) is 10.5. The van der Waals surface area contributed by atoms with Crippen LogP contribution in [-0.2, 0) is 11.2 Å². The van der Waals surface area contributed by atoms with E-state index in [-0.39, 0.29) is 5.91 Å². The zero-order valence-corrected chi connectivity index (χ0v) is 16.9. The maximum atomic E-state index is 12.6. The van der Waals surface area contributed by atoms with E-state index >= 15 is 0 Å². The zero-order chi connectivity index (χ0) is 18.8. The first-order chi connectivity index (χ1) is 12.5. The fourth-order valence-electron chi connectivity index (χ4n) is 3.26. The summed E-state index contributed by atoms with van der Waals surface area (Å²) in [7, 11) is 0. The summed E-state index contributed by atoms with van der Waals surface area (Å²) in [6.07, 6.45) is 4.62. The van der Waals surface area contributed by atoms with Crippen molar-refractivity contribution in [1.29, 1.82) is 0 Å². The Labute approximate surface area is 164 Å². The number of carbonyl (C=O) groups is 1. The van der Waals surface area contributed by atoms with Crippen molar-refractivity contribution in [2.45, 2.75) is 27.2 Å². The number of hydrogen-bond acceptors (Lipinski definition) is 3. The van der Waals surface area contributed by atoms with Crippen molar-refractivity contribution in [3.8, 4) is 5.69 Å². The molecule has 0 saturated carbocycles. The van der Waals surface area contributed by atoms with Crippen molar-refractivity contribution in [3.05, 3.63) is 70.4 Å². The van der Waals surface area contributed by atoms with E-state index in [1.165, 1.54) is 23.0 Å². The number of thioether (sulfide) groups is 1. The first-order valence-corrected chi connectivity index (χ1v) is 9.83. The van der Waals surface area contributed by atoms with Crippen molar-refractivity contribution in [2.24, 2.45) is 0 Å². The predicted molar refractivity (Wildman–Crippen MR) is 115 cm³/mol. The number of aryl methyl sites for hydroxylation is 2. The number of hydrogen-bond donors (Lipinski definition) is 0. The number of thiocarbonyl (C=S) groups is 1. The van der Waals surface area contributed by atoms with Gasteiger partial charge in [0.2, 0.25) is 0 Å². The van der Waals surface area contributed by atoms with Gasteiger partial charge in [0.1, 0.15) is 4.32 Å². The molecular formula is C21H22N2OS2. The van der Waals surface area contributed by atoms with Crippen LogP contribution in [0.1, 0.15) is 29.4 Å². The standard InChI is InChI=1S/C21H22N2OS2/c1-5-11-22-20(24)19(26-21(22)25)13-17-12-14(3)23(15(17)4)18-10-8-7-9-16(18)6-2/h5,7-10,12-13H,1,6,11H2,2-4H3/b19-13-. The van der Waals surface area contributed by atoms with Crippen LogP contribution in [0.2, 0.25) is 0 Å². The smallest absolute Gasteiger partial charge is 0.266 e. The molecule has 26 heavy (non-hydrogen) atoms. The maximum Gasteiger partial charge on any atom is 0.266 e. The zero-order valence-electron chi connectivity index (χ0n) is 15.3. The fourth-order valence-corrected chi connectivity index (χ4v) is 4.53. The first kappa shape index (κ1) is 18.7. The van der Waals surface area contributed by atoms with Gasteiger partial charge in [-0.2, -0.15) is 0 Å². The van der Waals surface area contributed by atoms with Crippen molar-refractivity contribution >= 4 is 40.3 Å². The molecule has 1 amide bonds. The quantitative estimate of drug-likeness (QED) is 0.411. The van der Waals surface area contributed by atoms with Crippen LogP contribution < -0.4 is 0 Å². The third kappa shape index (κ3) is 3.29. The van der Waals surface area contributed by atoms with Crippen molar-refractivity contribution in [2.75, 3.05) is 6.54 Å². The molecule has 2 heterocycles. The lowest BCUT2D eigenvalue weighted by atomic mass is 10.1. The highest BCUT2D eigenvalue weighted by atomic mass is 32.2. The van der Waals surface area contributed by atoms with Gasteiger partial charge in [0.25, 0.3) is 5.91 Å². The summed E-state index contributed by atoms with van der Waals surface area (Å²) in [5, 5.41) is 0. The van der Waals surface area contributed by atoms with Crippen LogP contribution in [0.5, 0.6) is 0 Å². The SMILES string of the molecule is C=CCN1C(=O)/C(=C/c2cc(C)n(-c3ccccc3CC)c2C)SC1=S. The molecule has 2 aromatic rings. The van der Waals surface area contributed by atoms with E-state index in [1.807, 2.05) is 6.08 Å². The molecule has 0 spiro atoms. The van der Waals surface area contributed by atoms with Gasteiger partial charge in [0.15, 0.2) is 0 Å². The number of rotatable bonds is 5. The molecule has 0 bridgehead atoms. The molecule has 1 saturated heterocycles. The van der Waals surface area contributed by atoms with Gasteiger partial charge in [-0.15, -0.1) is 6.58 Å². The van der Waals surface area contributed by atoms with E-state index in [0.717, 1.165) is 23.4 Å². The Hall–Kier alpha value is -2.11. The Bertz CT molecular complexity index is 924. The molecule has 0 unspecified atom stereocenters. The van der Waals surface area contributed by atoms with Gasteiger partial charge in [-0.1, -0.05) is 55.2 Å². The summed E-state index contributed by atoms with van der Waals surface area (Å²) >= 11 is 6.68.